The van der Waals surface area contributed by atoms with Crippen LogP contribution >= 0.6 is 0 Å². The van der Waals surface area contributed by atoms with E-state index in [4.69, 9.17) is 20.2 Å². The third kappa shape index (κ3) is 9.59. The summed E-state index contributed by atoms with van der Waals surface area (Å²) in [6.07, 6.45) is 1.80. The van der Waals surface area contributed by atoms with E-state index in [2.05, 4.69) is 58.6 Å². The van der Waals surface area contributed by atoms with E-state index in [1.807, 2.05) is 45.0 Å². The molecule has 0 spiro atoms. The Bertz CT molecular complexity index is 1320. The number of amides is 1. The number of nitrogens with two attached hydrogens (primary N) is 1. The molecule has 1 amide bonds. The van der Waals surface area contributed by atoms with Crippen molar-refractivity contribution in [1.29, 1.82) is 0 Å². The SMILES string of the molecule is COc1ccc(-c2cc(NCCCN(C)CCCN)cc(-c3cccc(N4CCN(C(=O)OC(C)(C)C)CC4)c3)n2)cc1. The maximum Gasteiger partial charge on any atom is 0.410 e. The van der Waals surface area contributed by atoms with Gasteiger partial charge in [0.25, 0.3) is 0 Å². The van der Waals surface area contributed by atoms with Crippen molar-refractivity contribution in [2.24, 2.45) is 5.73 Å². The molecule has 1 aliphatic rings. The van der Waals surface area contributed by atoms with Crippen LogP contribution in [-0.4, -0.2) is 93.0 Å². The van der Waals surface area contributed by atoms with E-state index in [1.54, 1.807) is 12.0 Å². The number of hydrogen-bond acceptors (Lipinski definition) is 8. The van der Waals surface area contributed by atoms with Crippen LogP contribution in [0.25, 0.3) is 22.5 Å². The molecule has 1 aliphatic heterocycles. The molecule has 4 rings (SSSR count). The fraction of sp³-hybridized carbons (Fsp3) is 0.471. The summed E-state index contributed by atoms with van der Waals surface area (Å²) in [6.45, 7) is 12.0. The minimum absolute atomic E-state index is 0.248. The maximum atomic E-state index is 12.5. The van der Waals surface area contributed by atoms with Crippen molar-refractivity contribution in [1.82, 2.24) is 14.8 Å². The topological polar surface area (TPSA) is 96.2 Å². The monoisotopic (exact) mass is 588 g/mol. The average Bonchev–Trinajstić information content (AvgIpc) is 3.01. The van der Waals surface area contributed by atoms with Gasteiger partial charge in [0.2, 0.25) is 0 Å². The summed E-state index contributed by atoms with van der Waals surface area (Å²) < 4.78 is 10.9. The molecule has 0 radical (unpaired) electrons. The molecule has 2 aromatic carbocycles. The number of pyridine rings is 1. The largest absolute Gasteiger partial charge is 0.497 e. The highest BCUT2D eigenvalue weighted by Gasteiger charge is 2.26. The Hall–Kier alpha value is -3.82. The lowest BCUT2D eigenvalue weighted by atomic mass is 10.1. The molecule has 0 saturated carbocycles. The zero-order valence-electron chi connectivity index (χ0n) is 26.4. The van der Waals surface area contributed by atoms with Gasteiger partial charge < -0.3 is 35.2 Å². The van der Waals surface area contributed by atoms with Crippen LogP contribution in [0.1, 0.15) is 33.6 Å². The molecule has 43 heavy (non-hydrogen) atoms. The number of carbonyl (C=O) groups excluding carboxylic acids is 1. The molecule has 2 heterocycles. The second kappa shape index (κ2) is 15.1. The lowest BCUT2D eigenvalue weighted by molar-refractivity contribution is 0.0240. The van der Waals surface area contributed by atoms with Crippen LogP contribution in [0.15, 0.2) is 60.7 Å². The first-order chi connectivity index (χ1) is 20.6. The van der Waals surface area contributed by atoms with Crippen LogP contribution in [0.4, 0.5) is 16.2 Å². The fourth-order valence-electron chi connectivity index (χ4n) is 5.08. The fourth-order valence-corrected chi connectivity index (χ4v) is 5.08. The molecular formula is C34H48N6O3. The standard InChI is InChI=1S/C34H48N6O3/c1-34(2,3)43-33(41)40-21-19-39(20-22-40)29-10-6-9-27(23-29)32-25-28(36-16-8-18-38(4)17-7-15-35)24-31(37-32)26-11-13-30(42-5)14-12-26/h6,9-14,23-25H,7-8,15-22,35H2,1-5H3,(H,36,37). The summed E-state index contributed by atoms with van der Waals surface area (Å²) in [5, 5.41) is 3.63. The van der Waals surface area contributed by atoms with E-state index in [-0.39, 0.29) is 6.09 Å². The number of piperazine rings is 1. The predicted molar refractivity (Wildman–Crippen MR) is 176 cm³/mol. The molecule has 1 aromatic heterocycles. The van der Waals surface area contributed by atoms with Gasteiger partial charge in [0.1, 0.15) is 11.4 Å². The highest BCUT2D eigenvalue weighted by molar-refractivity contribution is 5.74. The van der Waals surface area contributed by atoms with Crippen molar-refractivity contribution < 1.29 is 14.3 Å². The van der Waals surface area contributed by atoms with E-state index in [1.165, 1.54) is 0 Å². The second-order valence-corrected chi connectivity index (χ2v) is 12.1. The molecule has 3 aromatic rings. The lowest BCUT2D eigenvalue weighted by Gasteiger charge is -2.36. The number of nitrogens with zero attached hydrogens (tertiary/aromatic N) is 4. The summed E-state index contributed by atoms with van der Waals surface area (Å²) in [5.41, 5.74) is 11.2. The predicted octanol–water partition coefficient (Wildman–Crippen LogP) is 5.56. The number of rotatable bonds is 12. The molecule has 0 bridgehead atoms. The van der Waals surface area contributed by atoms with Crippen molar-refractivity contribution in [3.8, 4) is 28.3 Å². The number of benzene rings is 2. The van der Waals surface area contributed by atoms with Crippen molar-refractivity contribution in [2.75, 3.05) is 76.7 Å². The molecule has 9 nitrogen and oxygen atoms in total. The highest BCUT2D eigenvalue weighted by Crippen LogP contribution is 2.30. The van der Waals surface area contributed by atoms with E-state index in [9.17, 15) is 4.79 Å². The lowest BCUT2D eigenvalue weighted by Crippen LogP contribution is -2.50. The molecule has 1 saturated heterocycles. The molecule has 9 heteroatoms. The molecule has 0 atom stereocenters. The van der Waals surface area contributed by atoms with E-state index < -0.39 is 5.60 Å². The van der Waals surface area contributed by atoms with Crippen LogP contribution in [0, 0.1) is 0 Å². The number of carbonyl (C=O) groups is 1. The molecule has 232 valence electrons. The number of anilines is 2. The molecule has 3 N–H and O–H groups in total. The van der Waals surface area contributed by atoms with Gasteiger partial charge in [-0.15, -0.1) is 0 Å². The van der Waals surface area contributed by atoms with E-state index >= 15 is 0 Å². The summed E-state index contributed by atoms with van der Waals surface area (Å²) >= 11 is 0. The van der Waals surface area contributed by atoms with Gasteiger partial charge in [-0.05, 0) is 109 Å². The van der Waals surface area contributed by atoms with Gasteiger partial charge in [-0.3, -0.25) is 0 Å². The summed E-state index contributed by atoms with van der Waals surface area (Å²) in [5.74, 6) is 0.816. The molecule has 1 fully saturated rings. The van der Waals surface area contributed by atoms with Gasteiger partial charge in [-0.25, -0.2) is 9.78 Å². The van der Waals surface area contributed by atoms with E-state index in [0.29, 0.717) is 13.1 Å². The Kier molecular flexibility index (Phi) is 11.3. The Morgan fingerprint density at radius 3 is 2.28 bits per heavy atom. The third-order valence-electron chi connectivity index (χ3n) is 7.44. The van der Waals surface area contributed by atoms with Crippen molar-refractivity contribution in [3.05, 3.63) is 60.7 Å². The number of ether oxygens (including phenoxy) is 2. The van der Waals surface area contributed by atoms with Crippen LogP contribution in [0.5, 0.6) is 5.75 Å². The quantitative estimate of drug-likeness (QED) is 0.266. The Balaban J connectivity index is 1.51. The van der Waals surface area contributed by atoms with Crippen molar-refractivity contribution in [3.63, 3.8) is 0 Å². The van der Waals surface area contributed by atoms with Gasteiger partial charge in [-0.2, -0.15) is 0 Å². The second-order valence-electron chi connectivity index (χ2n) is 12.1. The Labute approximate surface area is 257 Å². The molecule has 0 unspecified atom stereocenters. The summed E-state index contributed by atoms with van der Waals surface area (Å²) in [7, 11) is 3.82. The summed E-state index contributed by atoms with van der Waals surface area (Å²) in [4.78, 5) is 24.1. The first kappa shape index (κ1) is 32.1. The molecular weight excluding hydrogens is 540 g/mol. The third-order valence-corrected chi connectivity index (χ3v) is 7.44. The van der Waals surface area contributed by atoms with E-state index in [0.717, 1.165) is 91.7 Å². The Morgan fingerprint density at radius 1 is 0.953 bits per heavy atom. The first-order valence-corrected chi connectivity index (χ1v) is 15.3. The molecule has 0 aliphatic carbocycles. The van der Waals surface area contributed by atoms with Crippen LogP contribution < -0.4 is 20.7 Å². The summed E-state index contributed by atoms with van der Waals surface area (Å²) in [6, 6.07) is 20.8. The van der Waals surface area contributed by atoms with Gasteiger partial charge >= 0.3 is 6.09 Å². The minimum Gasteiger partial charge on any atom is -0.497 e. The number of nitrogens with one attached hydrogen (secondary N) is 1. The van der Waals surface area contributed by atoms with Gasteiger partial charge in [0.05, 0.1) is 18.5 Å². The van der Waals surface area contributed by atoms with Crippen LogP contribution in [0.2, 0.25) is 0 Å². The minimum atomic E-state index is -0.496. The normalized spacial score (nSPS) is 13.7. The van der Waals surface area contributed by atoms with Crippen molar-refractivity contribution in [2.45, 2.75) is 39.2 Å². The van der Waals surface area contributed by atoms with Crippen LogP contribution in [0.3, 0.4) is 0 Å². The van der Waals surface area contributed by atoms with Gasteiger partial charge in [-0.1, -0.05) is 12.1 Å². The number of hydrogen-bond donors (Lipinski definition) is 2. The highest BCUT2D eigenvalue weighted by atomic mass is 16.6. The zero-order valence-corrected chi connectivity index (χ0v) is 26.4. The number of aromatic nitrogens is 1. The zero-order chi connectivity index (χ0) is 30.8. The van der Waals surface area contributed by atoms with Gasteiger partial charge in [0.15, 0.2) is 0 Å². The smallest absolute Gasteiger partial charge is 0.410 e. The van der Waals surface area contributed by atoms with Gasteiger partial charge in [0, 0.05) is 55.2 Å². The van der Waals surface area contributed by atoms with Crippen LogP contribution in [-0.2, 0) is 4.74 Å². The maximum absolute atomic E-state index is 12.5. The average molecular weight is 589 g/mol. The van der Waals surface area contributed by atoms with Crippen molar-refractivity contribution >= 4 is 17.5 Å². The Morgan fingerprint density at radius 2 is 1.63 bits per heavy atom. The first-order valence-electron chi connectivity index (χ1n) is 15.3. The number of methoxy groups -OCH3 is 1.